The predicted molar refractivity (Wildman–Crippen MR) is 76.4 cm³/mol. The van der Waals surface area contributed by atoms with Gasteiger partial charge in [0.05, 0.1) is 0 Å². The first-order valence-electron chi connectivity index (χ1n) is 7.78. The second-order valence-corrected chi connectivity index (χ2v) is 7.92. The molecule has 0 spiro atoms. The molecule has 104 valence electrons. The molecule has 0 bridgehead atoms. The molecule has 0 aromatic carbocycles. The van der Waals surface area contributed by atoms with Crippen LogP contribution in [0.15, 0.2) is 0 Å². The topological polar surface area (TPSA) is 17.1 Å². The summed E-state index contributed by atoms with van der Waals surface area (Å²) in [5.74, 6) is 2.59. The van der Waals surface area contributed by atoms with Crippen molar-refractivity contribution in [3.63, 3.8) is 0 Å². The number of Topliss-reactive ketones (excluding diaryl/α,β-unsaturated/α-hetero) is 1. The van der Waals surface area contributed by atoms with E-state index in [4.69, 9.17) is 0 Å². The third kappa shape index (κ3) is 2.26. The first kappa shape index (κ1) is 14.1. The lowest BCUT2D eigenvalue weighted by atomic mass is 9.53. The number of hydrogen-bond donors (Lipinski definition) is 0. The predicted octanol–water partition coefficient (Wildman–Crippen LogP) is 4.84. The average Bonchev–Trinajstić information content (AvgIpc) is 2.40. The minimum absolute atomic E-state index is 0.0667. The highest BCUT2D eigenvalue weighted by atomic mass is 16.1. The molecule has 2 aliphatic carbocycles. The first-order chi connectivity index (χ1) is 8.27. The lowest BCUT2D eigenvalue weighted by Gasteiger charge is -2.50. The van der Waals surface area contributed by atoms with Crippen LogP contribution in [0.25, 0.3) is 0 Å². The molecule has 0 radical (unpaired) electrons. The Hall–Kier alpha value is -0.330. The van der Waals surface area contributed by atoms with Crippen molar-refractivity contribution in [2.75, 3.05) is 0 Å². The van der Waals surface area contributed by atoms with Gasteiger partial charge >= 0.3 is 0 Å². The minimum atomic E-state index is -0.0667. The van der Waals surface area contributed by atoms with E-state index in [2.05, 4.69) is 27.7 Å². The van der Waals surface area contributed by atoms with Crippen molar-refractivity contribution in [3.05, 3.63) is 0 Å². The van der Waals surface area contributed by atoms with Crippen molar-refractivity contribution in [1.82, 2.24) is 0 Å². The van der Waals surface area contributed by atoms with Crippen LogP contribution in [0.5, 0.6) is 0 Å². The summed E-state index contributed by atoms with van der Waals surface area (Å²) in [6.07, 6.45) is 7.91. The van der Waals surface area contributed by atoms with Crippen molar-refractivity contribution in [2.24, 2.45) is 28.6 Å². The Morgan fingerprint density at radius 3 is 2.44 bits per heavy atom. The quantitative estimate of drug-likeness (QED) is 0.650. The lowest BCUT2D eigenvalue weighted by Crippen LogP contribution is -2.46. The minimum Gasteiger partial charge on any atom is -0.299 e. The maximum Gasteiger partial charge on any atom is 0.135 e. The van der Waals surface area contributed by atoms with Crippen molar-refractivity contribution in [1.29, 1.82) is 0 Å². The molecule has 4 atom stereocenters. The monoisotopic (exact) mass is 250 g/mol. The number of carbonyl (C=O) groups excluding carboxylic acids is 1. The molecule has 1 nitrogen and oxygen atoms in total. The summed E-state index contributed by atoms with van der Waals surface area (Å²) in [6.45, 7) is 11.2. The van der Waals surface area contributed by atoms with E-state index < -0.39 is 0 Å². The lowest BCUT2D eigenvalue weighted by molar-refractivity contribution is -0.135. The van der Waals surface area contributed by atoms with Gasteiger partial charge in [-0.05, 0) is 49.4 Å². The zero-order valence-electron chi connectivity index (χ0n) is 12.9. The largest absolute Gasteiger partial charge is 0.299 e. The molecule has 0 amide bonds. The summed E-state index contributed by atoms with van der Waals surface area (Å²) in [4.78, 5) is 12.1. The van der Waals surface area contributed by atoms with Gasteiger partial charge in [-0.15, -0.1) is 0 Å². The van der Waals surface area contributed by atoms with Crippen molar-refractivity contribution >= 4 is 5.78 Å². The molecule has 0 aromatic rings. The van der Waals surface area contributed by atoms with Crippen molar-refractivity contribution in [2.45, 2.75) is 73.1 Å². The van der Waals surface area contributed by atoms with Gasteiger partial charge in [0.15, 0.2) is 0 Å². The zero-order chi connectivity index (χ0) is 13.6. The van der Waals surface area contributed by atoms with Crippen molar-refractivity contribution < 1.29 is 4.79 Å². The van der Waals surface area contributed by atoms with Crippen molar-refractivity contribution in [3.8, 4) is 0 Å². The van der Waals surface area contributed by atoms with Gasteiger partial charge in [-0.3, -0.25) is 4.79 Å². The second-order valence-electron chi connectivity index (χ2n) is 7.92. The van der Waals surface area contributed by atoms with Gasteiger partial charge in [0.1, 0.15) is 5.78 Å². The number of hydrogen-bond acceptors (Lipinski definition) is 1. The van der Waals surface area contributed by atoms with E-state index in [0.29, 0.717) is 17.1 Å². The molecule has 18 heavy (non-hydrogen) atoms. The van der Waals surface area contributed by atoms with Gasteiger partial charge in [0.25, 0.3) is 0 Å². The van der Waals surface area contributed by atoms with Gasteiger partial charge in [-0.2, -0.15) is 0 Å². The number of carbonyl (C=O) groups is 1. The molecule has 0 saturated heterocycles. The van der Waals surface area contributed by atoms with Crippen LogP contribution < -0.4 is 0 Å². The fourth-order valence-electron chi connectivity index (χ4n) is 4.60. The van der Waals surface area contributed by atoms with E-state index in [9.17, 15) is 4.79 Å². The molecule has 2 fully saturated rings. The van der Waals surface area contributed by atoms with E-state index in [1.807, 2.05) is 0 Å². The van der Waals surface area contributed by atoms with E-state index >= 15 is 0 Å². The van der Waals surface area contributed by atoms with E-state index in [-0.39, 0.29) is 5.41 Å². The van der Waals surface area contributed by atoms with Gasteiger partial charge in [0.2, 0.25) is 0 Å². The van der Waals surface area contributed by atoms with Crippen LogP contribution in [-0.2, 0) is 4.79 Å². The highest BCUT2D eigenvalue weighted by Gasteiger charge is 2.49. The van der Waals surface area contributed by atoms with Gasteiger partial charge in [0, 0.05) is 5.41 Å². The highest BCUT2D eigenvalue weighted by molar-refractivity contribution is 5.82. The number of ketones is 1. The summed E-state index contributed by atoms with van der Waals surface area (Å²) >= 11 is 0. The van der Waals surface area contributed by atoms with Gasteiger partial charge in [-0.25, -0.2) is 0 Å². The summed E-state index contributed by atoms with van der Waals surface area (Å²) < 4.78 is 0. The standard InChI is InChI=1S/C17H30O/c1-12-10-14-8-6-7-9-16(3,4)15(14)11-17(12,5)13(2)18/h12,14-15H,6-11H2,1-5H3. The molecule has 0 aromatic heterocycles. The number of rotatable bonds is 1. The maximum absolute atomic E-state index is 12.1. The van der Waals surface area contributed by atoms with Crippen LogP contribution >= 0.6 is 0 Å². The van der Waals surface area contributed by atoms with E-state index in [0.717, 1.165) is 18.3 Å². The molecule has 0 N–H and O–H groups in total. The highest BCUT2D eigenvalue weighted by Crippen LogP contribution is 2.56. The van der Waals surface area contributed by atoms with Crippen LogP contribution in [0.4, 0.5) is 0 Å². The SMILES string of the molecule is CC(=O)C1(C)CC2C(CCCCC2(C)C)CC1C. The molecule has 0 heterocycles. The summed E-state index contributed by atoms with van der Waals surface area (Å²) in [5, 5.41) is 0. The zero-order valence-corrected chi connectivity index (χ0v) is 12.9. The van der Waals surface area contributed by atoms with Crippen LogP contribution in [0.3, 0.4) is 0 Å². The Labute approximate surface area is 113 Å². The van der Waals surface area contributed by atoms with Gasteiger partial charge in [-0.1, -0.05) is 47.0 Å². The molecule has 2 aliphatic rings. The third-order valence-corrected chi connectivity index (χ3v) is 6.41. The average molecular weight is 250 g/mol. The Balaban J connectivity index is 2.29. The molecular weight excluding hydrogens is 220 g/mol. The van der Waals surface area contributed by atoms with Crippen LogP contribution in [0.2, 0.25) is 0 Å². The molecule has 0 aliphatic heterocycles. The van der Waals surface area contributed by atoms with Crippen LogP contribution in [0, 0.1) is 28.6 Å². The second kappa shape index (κ2) is 4.65. The summed E-state index contributed by atoms with van der Waals surface area (Å²) in [6, 6.07) is 0. The third-order valence-electron chi connectivity index (χ3n) is 6.41. The molecule has 2 rings (SSSR count). The fraction of sp³-hybridized carbons (Fsp3) is 0.941. The van der Waals surface area contributed by atoms with Crippen LogP contribution in [0.1, 0.15) is 73.1 Å². The molecule has 4 unspecified atom stereocenters. The van der Waals surface area contributed by atoms with E-state index in [1.165, 1.54) is 32.1 Å². The Kier molecular flexibility index (Phi) is 3.64. The normalized spacial score (nSPS) is 43.9. The molecule has 1 heteroatoms. The first-order valence-corrected chi connectivity index (χ1v) is 7.78. The van der Waals surface area contributed by atoms with Crippen LogP contribution in [-0.4, -0.2) is 5.78 Å². The fourth-order valence-corrected chi connectivity index (χ4v) is 4.60. The smallest absolute Gasteiger partial charge is 0.135 e. The summed E-state index contributed by atoms with van der Waals surface area (Å²) in [7, 11) is 0. The number of fused-ring (bicyclic) bond motifs is 1. The van der Waals surface area contributed by atoms with Gasteiger partial charge < -0.3 is 0 Å². The molecule has 2 saturated carbocycles. The van der Waals surface area contributed by atoms with E-state index in [1.54, 1.807) is 6.92 Å². The summed E-state index contributed by atoms with van der Waals surface area (Å²) in [5.41, 5.74) is 0.362. The molecular formula is C17H30O. The maximum atomic E-state index is 12.1. The Morgan fingerprint density at radius 1 is 1.17 bits per heavy atom. The Bertz CT molecular complexity index is 331. The Morgan fingerprint density at radius 2 is 1.83 bits per heavy atom.